The van der Waals surface area contributed by atoms with Crippen molar-refractivity contribution in [3.8, 4) is 0 Å². The highest BCUT2D eigenvalue weighted by Crippen LogP contribution is 2.14. The van der Waals surface area contributed by atoms with Crippen LogP contribution in [0.2, 0.25) is 0 Å². The second-order valence-corrected chi connectivity index (χ2v) is 3.69. The zero-order chi connectivity index (χ0) is 10.8. The van der Waals surface area contributed by atoms with Crippen LogP contribution in [-0.2, 0) is 7.05 Å². The Hall–Kier alpha value is -1.84. The zero-order valence-electron chi connectivity index (χ0n) is 9.15. The van der Waals surface area contributed by atoms with Gasteiger partial charge in [0.25, 0.3) is 0 Å². The van der Waals surface area contributed by atoms with Gasteiger partial charge in [0.05, 0.1) is 17.6 Å². The van der Waals surface area contributed by atoms with Crippen LogP contribution in [0.1, 0.15) is 11.3 Å². The van der Waals surface area contributed by atoms with Crippen LogP contribution in [0.4, 0.5) is 11.6 Å². The second kappa shape index (κ2) is 3.73. The van der Waals surface area contributed by atoms with E-state index in [-0.39, 0.29) is 0 Å². The van der Waals surface area contributed by atoms with Crippen molar-refractivity contribution in [2.24, 2.45) is 7.05 Å². The standard InChI is InChI=1S/C11H14N4/c1-8-4-10(6-12-5-8)14-11-13-9(2)7-15(11)3/h4-7H,1-3H3,(H,13,14). The fourth-order valence-electron chi connectivity index (χ4n) is 1.48. The molecule has 0 saturated carbocycles. The molecule has 2 rings (SSSR count). The predicted molar refractivity (Wildman–Crippen MR) is 60.2 cm³/mol. The maximum atomic E-state index is 4.36. The van der Waals surface area contributed by atoms with Gasteiger partial charge < -0.3 is 9.88 Å². The topological polar surface area (TPSA) is 42.7 Å². The van der Waals surface area contributed by atoms with Gasteiger partial charge in [-0.05, 0) is 25.5 Å². The highest BCUT2D eigenvalue weighted by Gasteiger charge is 2.02. The molecule has 4 heteroatoms. The Morgan fingerprint density at radius 2 is 2.07 bits per heavy atom. The van der Waals surface area contributed by atoms with Crippen LogP contribution in [0.3, 0.4) is 0 Å². The smallest absolute Gasteiger partial charge is 0.207 e. The molecule has 0 unspecified atom stereocenters. The Balaban J connectivity index is 2.25. The van der Waals surface area contributed by atoms with Gasteiger partial charge >= 0.3 is 0 Å². The van der Waals surface area contributed by atoms with Crippen molar-refractivity contribution in [1.82, 2.24) is 14.5 Å². The van der Waals surface area contributed by atoms with Crippen LogP contribution in [0.5, 0.6) is 0 Å². The van der Waals surface area contributed by atoms with Crippen LogP contribution >= 0.6 is 0 Å². The first-order chi connectivity index (χ1) is 7.15. The first kappa shape index (κ1) is 9.71. The molecule has 15 heavy (non-hydrogen) atoms. The van der Waals surface area contributed by atoms with Crippen LogP contribution < -0.4 is 5.32 Å². The maximum Gasteiger partial charge on any atom is 0.207 e. The molecule has 2 aromatic rings. The fraction of sp³-hybridized carbons (Fsp3) is 0.273. The number of aryl methyl sites for hydroxylation is 3. The monoisotopic (exact) mass is 202 g/mol. The molecule has 0 amide bonds. The number of rotatable bonds is 2. The lowest BCUT2D eigenvalue weighted by molar-refractivity contribution is 0.923. The van der Waals surface area contributed by atoms with E-state index in [9.17, 15) is 0 Å². The quantitative estimate of drug-likeness (QED) is 0.811. The van der Waals surface area contributed by atoms with Crippen molar-refractivity contribution in [3.63, 3.8) is 0 Å². The summed E-state index contributed by atoms with van der Waals surface area (Å²) < 4.78 is 1.96. The average Bonchev–Trinajstić information content (AvgIpc) is 2.45. The molecule has 0 spiro atoms. The highest BCUT2D eigenvalue weighted by atomic mass is 15.2. The largest absolute Gasteiger partial charge is 0.324 e. The Labute approximate surface area is 89.0 Å². The minimum Gasteiger partial charge on any atom is -0.324 e. The molecule has 4 nitrogen and oxygen atoms in total. The summed E-state index contributed by atoms with van der Waals surface area (Å²) >= 11 is 0. The molecule has 78 valence electrons. The van der Waals surface area contributed by atoms with Gasteiger partial charge in [0, 0.05) is 19.4 Å². The van der Waals surface area contributed by atoms with Gasteiger partial charge in [0.1, 0.15) is 0 Å². The molecule has 0 aliphatic carbocycles. The van der Waals surface area contributed by atoms with Crippen LogP contribution in [0, 0.1) is 13.8 Å². The van der Waals surface area contributed by atoms with E-state index < -0.39 is 0 Å². The number of anilines is 2. The molecule has 0 radical (unpaired) electrons. The van der Waals surface area contributed by atoms with Crippen molar-refractivity contribution in [2.45, 2.75) is 13.8 Å². The van der Waals surface area contributed by atoms with Gasteiger partial charge in [-0.2, -0.15) is 0 Å². The summed E-state index contributed by atoms with van der Waals surface area (Å²) in [6.07, 6.45) is 5.59. The van der Waals surface area contributed by atoms with Crippen LogP contribution in [-0.4, -0.2) is 14.5 Å². The van der Waals surface area contributed by atoms with Gasteiger partial charge in [0.15, 0.2) is 0 Å². The van der Waals surface area contributed by atoms with E-state index >= 15 is 0 Å². The van der Waals surface area contributed by atoms with Crippen molar-refractivity contribution in [3.05, 3.63) is 35.9 Å². The molecule has 2 aromatic heterocycles. The van der Waals surface area contributed by atoms with Crippen molar-refractivity contribution >= 4 is 11.6 Å². The van der Waals surface area contributed by atoms with Crippen molar-refractivity contribution < 1.29 is 0 Å². The number of hydrogen-bond donors (Lipinski definition) is 1. The lowest BCUT2D eigenvalue weighted by atomic mass is 10.3. The van der Waals surface area contributed by atoms with E-state index in [0.717, 1.165) is 22.9 Å². The Morgan fingerprint density at radius 3 is 2.67 bits per heavy atom. The van der Waals surface area contributed by atoms with Gasteiger partial charge in [-0.3, -0.25) is 4.98 Å². The zero-order valence-corrected chi connectivity index (χ0v) is 9.15. The molecule has 0 aliphatic heterocycles. The molecule has 0 aromatic carbocycles. The summed E-state index contributed by atoms with van der Waals surface area (Å²) in [4.78, 5) is 8.48. The SMILES string of the molecule is Cc1cncc(Nc2nc(C)cn2C)c1. The average molecular weight is 202 g/mol. The summed E-state index contributed by atoms with van der Waals surface area (Å²) in [5, 5.41) is 3.22. The first-order valence-electron chi connectivity index (χ1n) is 4.84. The predicted octanol–water partition coefficient (Wildman–Crippen LogP) is 2.18. The molecule has 0 fully saturated rings. The first-order valence-corrected chi connectivity index (χ1v) is 4.84. The third kappa shape index (κ3) is 2.15. The summed E-state index contributed by atoms with van der Waals surface area (Å²) in [6, 6.07) is 2.04. The number of hydrogen-bond acceptors (Lipinski definition) is 3. The summed E-state index contributed by atoms with van der Waals surface area (Å²) in [5.74, 6) is 0.833. The normalized spacial score (nSPS) is 10.3. The van der Waals surface area contributed by atoms with Crippen molar-refractivity contribution in [2.75, 3.05) is 5.32 Å². The number of pyridine rings is 1. The Kier molecular flexibility index (Phi) is 2.41. The molecule has 0 aliphatic rings. The molecule has 0 bridgehead atoms. The van der Waals surface area contributed by atoms with Gasteiger partial charge in [0.2, 0.25) is 5.95 Å². The second-order valence-electron chi connectivity index (χ2n) is 3.69. The number of nitrogens with zero attached hydrogens (tertiary/aromatic N) is 3. The fourth-order valence-corrected chi connectivity index (χ4v) is 1.48. The number of aromatic nitrogens is 3. The summed E-state index contributed by atoms with van der Waals surface area (Å²) in [6.45, 7) is 3.99. The summed E-state index contributed by atoms with van der Waals surface area (Å²) in [5.41, 5.74) is 3.09. The van der Waals surface area contributed by atoms with Crippen molar-refractivity contribution in [1.29, 1.82) is 0 Å². The minimum absolute atomic E-state index is 0.833. The van der Waals surface area contributed by atoms with Crippen LogP contribution in [0.15, 0.2) is 24.7 Å². The van der Waals surface area contributed by atoms with Crippen LogP contribution in [0.25, 0.3) is 0 Å². The van der Waals surface area contributed by atoms with E-state index in [0.29, 0.717) is 0 Å². The molecular formula is C11H14N4. The lowest BCUT2D eigenvalue weighted by Crippen LogP contribution is -1.98. The maximum absolute atomic E-state index is 4.36. The Bertz CT molecular complexity index is 473. The Morgan fingerprint density at radius 1 is 1.27 bits per heavy atom. The van der Waals surface area contributed by atoms with E-state index in [1.807, 2.05) is 43.9 Å². The molecule has 2 heterocycles. The minimum atomic E-state index is 0.833. The van der Waals surface area contributed by atoms with E-state index in [2.05, 4.69) is 15.3 Å². The third-order valence-electron chi connectivity index (χ3n) is 2.13. The van der Waals surface area contributed by atoms with E-state index in [1.165, 1.54) is 0 Å². The van der Waals surface area contributed by atoms with Gasteiger partial charge in [-0.25, -0.2) is 4.98 Å². The lowest BCUT2D eigenvalue weighted by Gasteiger charge is -2.05. The van der Waals surface area contributed by atoms with E-state index in [1.54, 1.807) is 6.20 Å². The summed E-state index contributed by atoms with van der Waals surface area (Å²) in [7, 11) is 1.96. The molecular weight excluding hydrogens is 188 g/mol. The van der Waals surface area contributed by atoms with Gasteiger partial charge in [-0.15, -0.1) is 0 Å². The number of imidazole rings is 1. The molecule has 0 atom stereocenters. The third-order valence-corrected chi connectivity index (χ3v) is 2.13. The highest BCUT2D eigenvalue weighted by molar-refractivity contribution is 5.53. The van der Waals surface area contributed by atoms with E-state index in [4.69, 9.17) is 0 Å². The molecule has 0 saturated heterocycles. The molecule has 1 N–H and O–H groups in total. The number of nitrogens with one attached hydrogen (secondary N) is 1. The van der Waals surface area contributed by atoms with Gasteiger partial charge in [-0.1, -0.05) is 0 Å².